The molecule has 7 nitrogen and oxygen atoms in total. The van der Waals surface area contributed by atoms with Gasteiger partial charge in [0.15, 0.2) is 0 Å². The van der Waals surface area contributed by atoms with Crippen LogP contribution in [0.2, 0.25) is 0 Å². The van der Waals surface area contributed by atoms with E-state index >= 15 is 0 Å². The number of amides is 3. The number of hydrogen-bond acceptors (Lipinski definition) is 4. The first-order valence-corrected chi connectivity index (χ1v) is 7.96. The second kappa shape index (κ2) is 10.1. The lowest BCUT2D eigenvalue weighted by molar-refractivity contribution is -0.136. The number of rotatable bonds is 7. The molecule has 0 saturated heterocycles. The maximum absolute atomic E-state index is 11.8. The Morgan fingerprint density at radius 1 is 1.04 bits per heavy atom. The molecule has 3 N–H and O–H groups in total. The summed E-state index contributed by atoms with van der Waals surface area (Å²) in [6.45, 7) is 6.19. The van der Waals surface area contributed by atoms with Gasteiger partial charge in [-0.2, -0.15) is 5.10 Å². The summed E-state index contributed by atoms with van der Waals surface area (Å²) in [5.41, 5.74) is 4.23. The van der Waals surface area contributed by atoms with Crippen LogP contribution in [0.5, 0.6) is 0 Å². The maximum atomic E-state index is 11.8. The predicted molar refractivity (Wildman–Crippen MR) is 93.6 cm³/mol. The number of carbonyl (C=O) groups is 3. The largest absolute Gasteiger partial charge is 0.356 e. The number of benzene rings is 1. The molecule has 0 aliphatic carbocycles. The Morgan fingerprint density at radius 3 is 2.29 bits per heavy atom. The van der Waals surface area contributed by atoms with Crippen molar-refractivity contribution >= 4 is 29.1 Å². The number of nitrogens with zero attached hydrogens (tertiary/aromatic N) is 1. The molecular weight excluding hydrogens is 308 g/mol. The van der Waals surface area contributed by atoms with Gasteiger partial charge in [0.1, 0.15) is 0 Å². The van der Waals surface area contributed by atoms with Gasteiger partial charge in [-0.05, 0) is 37.5 Å². The van der Waals surface area contributed by atoms with Crippen molar-refractivity contribution in [2.75, 3.05) is 11.9 Å². The molecule has 0 saturated carbocycles. The highest BCUT2D eigenvalue weighted by molar-refractivity contribution is 6.39. The van der Waals surface area contributed by atoms with Crippen LogP contribution in [0.1, 0.15) is 39.2 Å². The first-order valence-electron chi connectivity index (χ1n) is 7.96. The van der Waals surface area contributed by atoms with E-state index in [0.29, 0.717) is 17.9 Å². The molecule has 0 atom stereocenters. The summed E-state index contributed by atoms with van der Waals surface area (Å²) >= 11 is 0. The van der Waals surface area contributed by atoms with E-state index < -0.39 is 11.8 Å². The topological polar surface area (TPSA) is 99.7 Å². The van der Waals surface area contributed by atoms with Gasteiger partial charge in [0.2, 0.25) is 5.91 Å². The van der Waals surface area contributed by atoms with E-state index in [9.17, 15) is 14.4 Å². The SMILES string of the molecule is CCCNC(=O)C/C(C)=N/NC(=O)C(=O)Nc1ccc(CC)cc1. The fourth-order valence-electron chi connectivity index (χ4n) is 1.81. The van der Waals surface area contributed by atoms with Crippen molar-refractivity contribution in [3.05, 3.63) is 29.8 Å². The Kier molecular flexibility index (Phi) is 8.18. The number of anilines is 1. The Hall–Kier alpha value is -2.70. The highest BCUT2D eigenvalue weighted by Crippen LogP contribution is 2.09. The molecule has 1 rings (SSSR count). The Morgan fingerprint density at radius 2 is 1.71 bits per heavy atom. The van der Waals surface area contributed by atoms with Crippen LogP contribution in [0, 0.1) is 0 Å². The number of carbonyl (C=O) groups excluding carboxylic acids is 3. The van der Waals surface area contributed by atoms with E-state index in [0.717, 1.165) is 18.4 Å². The third-order valence-corrected chi connectivity index (χ3v) is 3.16. The van der Waals surface area contributed by atoms with Gasteiger partial charge >= 0.3 is 11.8 Å². The lowest BCUT2D eigenvalue weighted by atomic mass is 10.1. The zero-order valence-electron chi connectivity index (χ0n) is 14.3. The molecule has 1 aromatic rings. The van der Waals surface area contributed by atoms with Crippen molar-refractivity contribution in [3.63, 3.8) is 0 Å². The van der Waals surface area contributed by atoms with Crippen molar-refractivity contribution in [1.29, 1.82) is 0 Å². The van der Waals surface area contributed by atoms with Crippen molar-refractivity contribution in [2.45, 2.75) is 40.0 Å². The van der Waals surface area contributed by atoms with Crippen LogP contribution in [0.25, 0.3) is 0 Å². The number of nitrogens with one attached hydrogen (secondary N) is 3. The smallest absolute Gasteiger partial charge is 0.329 e. The molecule has 0 aliphatic rings. The third kappa shape index (κ3) is 7.04. The van der Waals surface area contributed by atoms with Gasteiger partial charge in [-0.3, -0.25) is 14.4 Å². The van der Waals surface area contributed by atoms with Crippen LogP contribution >= 0.6 is 0 Å². The van der Waals surface area contributed by atoms with Crippen molar-refractivity contribution in [3.8, 4) is 0 Å². The molecule has 7 heteroatoms. The van der Waals surface area contributed by atoms with E-state index in [2.05, 4.69) is 21.2 Å². The van der Waals surface area contributed by atoms with Gasteiger partial charge < -0.3 is 10.6 Å². The lowest BCUT2D eigenvalue weighted by Gasteiger charge is -2.06. The predicted octanol–water partition coefficient (Wildman–Crippen LogP) is 1.60. The second-order valence-electron chi connectivity index (χ2n) is 5.32. The highest BCUT2D eigenvalue weighted by Gasteiger charge is 2.13. The molecule has 0 unspecified atom stereocenters. The van der Waals surface area contributed by atoms with Crippen LogP contribution in [0.15, 0.2) is 29.4 Å². The Bertz CT molecular complexity index is 609. The molecule has 3 amide bonds. The summed E-state index contributed by atoms with van der Waals surface area (Å²) in [5, 5.41) is 8.95. The Balaban J connectivity index is 2.46. The summed E-state index contributed by atoms with van der Waals surface area (Å²) < 4.78 is 0. The van der Waals surface area contributed by atoms with Gasteiger partial charge in [-0.25, -0.2) is 5.43 Å². The minimum Gasteiger partial charge on any atom is -0.356 e. The van der Waals surface area contributed by atoms with E-state index in [-0.39, 0.29) is 12.3 Å². The summed E-state index contributed by atoms with van der Waals surface area (Å²) in [5.74, 6) is -1.87. The molecule has 0 spiro atoms. The average Bonchev–Trinajstić information content (AvgIpc) is 2.58. The van der Waals surface area contributed by atoms with Crippen LogP contribution < -0.4 is 16.1 Å². The van der Waals surface area contributed by atoms with Crippen molar-refractivity contribution in [1.82, 2.24) is 10.7 Å². The molecule has 130 valence electrons. The van der Waals surface area contributed by atoms with E-state index in [1.165, 1.54) is 0 Å². The summed E-state index contributed by atoms with van der Waals surface area (Å²) in [4.78, 5) is 35.0. The average molecular weight is 332 g/mol. The Labute approximate surface area is 141 Å². The normalized spacial score (nSPS) is 10.9. The minimum absolute atomic E-state index is 0.0698. The molecule has 1 aromatic carbocycles. The molecule has 0 bridgehead atoms. The number of hydrazone groups is 1. The standard InChI is InChI=1S/C17H24N4O3/c1-4-10-18-15(22)11-12(3)20-21-17(24)16(23)19-14-8-6-13(5-2)7-9-14/h6-9H,4-5,10-11H2,1-3H3,(H,18,22)(H,19,23)(H,21,24)/b20-12+. The maximum Gasteiger partial charge on any atom is 0.329 e. The minimum atomic E-state index is -0.886. The van der Waals surface area contributed by atoms with E-state index in [4.69, 9.17) is 0 Å². The zero-order valence-corrected chi connectivity index (χ0v) is 14.3. The molecular formula is C17H24N4O3. The first kappa shape index (κ1) is 19.3. The van der Waals surface area contributed by atoms with Crippen LogP contribution in [-0.4, -0.2) is 30.0 Å². The van der Waals surface area contributed by atoms with E-state index in [1.54, 1.807) is 19.1 Å². The van der Waals surface area contributed by atoms with Gasteiger partial charge in [-0.1, -0.05) is 26.0 Å². The number of aryl methyl sites for hydroxylation is 1. The van der Waals surface area contributed by atoms with Crippen molar-refractivity contribution < 1.29 is 14.4 Å². The quantitative estimate of drug-likeness (QED) is 0.402. The molecule has 0 heterocycles. The molecule has 24 heavy (non-hydrogen) atoms. The lowest BCUT2D eigenvalue weighted by Crippen LogP contribution is -2.33. The van der Waals surface area contributed by atoms with Gasteiger partial charge in [0.05, 0.1) is 6.42 Å². The van der Waals surface area contributed by atoms with Crippen LogP contribution in [0.3, 0.4) is 0 Å². The summed E-state index contributed by atoms with van der Waals surface area (Å²) in [6, 6.07) is 7.22. The van der Waals surface area contributed by atoms with Crippen LogP contribution in [-0.2, 0) is 20.8 Å². The fourth-order valence-corrected chi connectivity index (χ4v) is 1.81. The molecule has 0 aliphatic heterocycles. The second-order valence-corrected chi connectivity index (χ2v) is 5.32. The number of hydrogen-bond donors (Lipinski definition) is 3. The third-order valence-electron chi connectivity index (χ3n) is 3.16. The van der Waals surface area contributed by atoms with Crippen LogP contribution in [0.4, 0.5) is 5.69 Å². The summed E-state index contributed by atoms with van der Waals surface area (Å²) in [7, 11) is 0. The molecule has 0 aromatic heterocycles. The zero-order chi connectivity index (χ0) is 17.9. The summed E-state index contributed by atoms with van der Waals surface area (Å²) in [6.07, 6.45) is 1.81. The highest BCUT2D eigenvalue weighted by atomic mass is 16.2. The molecule has 0 fully saturated rings. The monoisotopic (exact) mass is 332 g/mol. The van der Waals surface area contributed by atoms with E-state index in [1.807, 2.05) is 26.0 Å². The van der Waals surface area contributed by atoms with Gasteiger partial charge in [0.25, 0.3) is 0 Å². The first-order chi connectivity index (χ1) is 11.5. The fraction of sp³-hybridized carbons (Fsp3) is 0.412. The van der Waals surface area contributed by atoms with Gasteiger partial charge in [0, 0.05) is 17.9 Å². The van der Waals surface area contributed by atoms with Crippen molar-refractivity contribution in [2.24, 2.45) is 5.10 Å². The van der Waals surface area contributed by atoms with Gasteiger partial charge in [-0.15, -0.1) is 0 Å². The molecule has 0 radical (unpaired) electrons.